The van der Waals surface area contributed by atoms with Crippen LogP contribution in [-0.4, -0.2) is 51.1 Å². The fourth-order valence-corrected chi connectivity index (χ4v) is 4.83. The average molecular weight is 466 g/mol. The van der Waals surface area contributed by atoms with E-state index in [1.807, 2.05) is 42.5 Å². The quantitative estimate of drug-likeness (QED) is 0.393. The molecule has 0 saturated carbocycles. The normalized spacial score (nSPS) is 15.3. The predicted molar refractivity (Wildman–Crippen MR) is 128 cm³/mol. The van der Waals surface area contributed by atoms with Crippen molar-refractivity contribution >= 4 is 22.9 Å². The number of hydrogen-bond acceptors (Lipinski definition) is 7. The number of thiazole rings is 1. The van der Waals surface area contributed by atoms with E-state index < -0.39 is 0 Å². The van der Waals surface area contributed by atoms with E-state index in [1.165, 1.54) is 0 Å². The van der Waals surface area contributed by atoms with Gasteiger partial charge in [0.1, 0.15) is 5.01 Å². The largest absolute Gasteiger partial charge is 0.338 e. The minimum atomic E-state index is 0.664. The van der Waals surface area contributed by atoms with Crippen molar-refractivity contribution in [2.24, 2.45) is 0 Å². The molecule has 1 aliphatic heterocycles. The molecule has 164 valence electrons. The lowest BCUT2D eigenvalue weighted by Crippen LogP contribution is -2.45. The Hall–Kier alpha value is -2.58. The number of halogens is 1. The van der Waals surface area contributed by atoms with E-state index in [-0.39, 0.29) is 0 Å². The summed E-state index contributed by atoms with van der Waals surface area (Å²) < 4.78 is 5.52. The van der Waals surface area contributed by atoms with Gasteiger partial charge in [0, 0.05) is 54.3 Å². The summed E-state index contributed by atoms with van der Waals surface area (Å²) in [7, 11) is 0. The molecule has 2 aromatic heterocycles. The van der Waals surface area contributed by atoms with E-state index in [0.717, 1.165) is 65.1 Å². The first-order chi connectivity index (χ1) is 15.6. The summed E-state index contributed by atoms with van der Waals surface area (Å²) in [5.74, 6) is 1.33. The van der Waals surface area contributed by atoms with E-state index in [1.54, 1.807) is 11.3 Å². The zero-order valence-electron chi connectivity index (χ0n) is 17.9. The number of piperazine rings is 1. The maximum Gasteiger partial charge on any atom is 0.241 e. The second-order valence-electron chi connectivity index (χ2n) is 8.03. The van der Waals surface area contributed by atoms with E-state index >= 15 is 0 Å². The predicted octanol–water partition coefficient (Wildman–Crippen LogP) is 5.14. The van der Waals surface area contributed by atoms with Gasteiger partial charge in [-0.15, -0.1) is 11.3 Å². The number of nitrogens with zero attached hydrogens (tertiary/aromatic N) is 5. The van der Waals surface area contributed by atoms with Crippen molar-refractivity contribution in [2.45, 2.75) is 20.0 Å². The van der Waals surface area contributed by atoms with Crippen molar-refractivity contribution in [1.29, 1.82) is 0 Å². The maximum absolute atomic E-state index is 5.99. The minimum absolute atomic E-state index is 0.664. The van der Waals surface area contributed by atoms with Crippen molar-refractivity contribution in [3.8, 4) is 22.0 Å². The van der Waals surface area contributed by atoms with Crippen molar-refractivity contribution < 1.29 is 4.52 Å². The standard InChI is InChI=1S/C24H24ClN5OS/c1-17-4-2-3-5-21(17)23-27-22(31-28-23)15-30-12-10-29(11-13-30)14-20-16-32-24(26-20)18-6-8-19(25)9-7-18/h2-9,16H,10-15H2,1H3. The lowest BCUT2D eigenvalue weighted by molar-refractivity contribution is 0.111. The Morgan fingerprint density at radius 1 is 0.938 bits per heavy atom. The molecule has 0 amide bonds. The molecule has 0 spiro atoms. The summed E-state index contributed by atoms with van der Waals surface area (Å²) >= 11 is 7.67. The number of aryl methyl sites for hydroxylation is 1. The van der Waals surface area contributed by atoms with Crippen LogP contribution in [0.25, 0.3) is 22.0 Å². The van der Waals surface area contributed by atoms with Crippen LogP contribution in [0.5, 0.6) is 0 Å². The Labute approximate surface area is 196 Å². The van der Waals surface area contributed by atoms with Gasteiger partial charge in [0.25, 0.3) is 0 Å². The monoisotopic (exact) mass is 465 g/mol. The highest BCUT2D eigenvalue weighted by Gasteiger charge is 2.20. The van der Waals surface area contributed by atoms with E-state index in [0.29, 0.717) is 18.3 Å². The topological polar surface area (TPSA) is 58.3 Å². The van der Waals surface area contributed by atoms with Crippen LogP contribution in [-0.2, 0) is 13.1 Å². The molecule has 0 atom stereocenters. The number of rotatable bonds is 6. The molecule has 0 aliphatic carbocycles. The van der Waals surface area contributed by atoms with Crippen LogP contribution in [0.1, 0.15) is 17.1 Å². The van der Waals surface area contributed by atoms with Gasteiger partial charge in [0.15, 0.2) is 0 Å². The third kappa shape index (κ3) is 4.91. The van der Waals surface area contributed by atoms with Crippen LogP contribution in [0.15, 0.2) is 58.4 Å². The molecule has 3 heterocycles. The Kier molecular flexibility index (Phi) is 6.32. The molecular weight excluding hydrogens is 442 g/mol. The lowest BCUT2D eigenvalue weighted by atomic mass is 10.1. The van der Waals surface area contributed by atoms with Gasteiger partial charge in [-0.1, -0.05) is 53.2 Å². The molecule has 6 nitrogen and oxygen atoms in total. The minimum Gasteiger partial charge on any atom is -0.338 e. The third-order valence-corrected chi connectivity index (χ3v) is 6.90. The van der Waals surface area contributed by atoms with Gasteiger partial charge >= 0.3 is 0 Å². The Bertz CT molecular complexity index is 1180. The molecular formula is C24H24ClN5OS. The molecule has 8 heteroatoms. The molecule has 32 heavy (non-hydrogen) atoms. The summed E-state index contributed by atoms with van der Waals surface area (Å²) in [5.41, 5.74) is 4.40. The SMILES string of the molecule is Cc1ccccc1-c1noc(CN2CCN(Cc3csc(-c4ccc(Cl)cc4)n3)CC2)n1. The second-order valence-corrected chi connectivity index (χ2v) is 9.32. The molecule has 5 rings (SSSR count). The molecule has 0 unspecified atom stereocenters. The summed E-state index contributed by atoms with van der Waals surface area (Å²) in [4.78, 5) is 14.2. The number of aromatic nitrogens is 3. The Morgan fingerprint density at radius 2 is 1.66 bits per heavy atom. The van der Waals surface area contributed by atoms with Crippen LogP contribution in [0.2, 0.25) is 5.02 Å². The highest BCUT2D eigenvalue weighted by Crippen LogP contribution is 2.26. The van der Waals surface area contributed by atoms with Gasteiger partial charge < -0.3 is 4.52 Å². The summed E-state index contributed by atoms with van der Waals surface area (Å²) in [6, 6.07) is 16.0. The Morgan fingerprint density at radius 3 is 2.41 bits per heavy atom. The fourth-order valence-electron chi connectivity index (χ4n) is 3.88. The molecule has 1 fully saturated rings. The number of benzene rings is 2. The zero-order valence-corrected chi connectivity index (χ0v) is 19.4. The van der Waals surface area contributed by atoms with Crippen molar-refractivity contribution in [3.05, 3.63) is 76.1 Å². The van der Waals surface area contributed by atoms with Crippen molar-refractivity contribution in [3.63, 3.8) is 0 Å². The van der Waals surface area contributed by atoms with Crippen LogP contribution >= 0.6 is 22.9 Å². The highest BCUT2D eigenvalue weighted by molar-refractivity contribution is 7.13. The summed E-state index contributed by atoms with van der Waals surface area (Å²) in [6.07, 6.45) is 0. The first kappa shape index (κ1) is 21.3. The zero-order chi connectivity index (χ0) is 21.9. The maximum atomic E-state index is 5.99. The third-order valence-electron chi connectivity index (χ3n) is 5.71. The average Bonchev–Trinajstić information content (AvgIpc) is 3.46. The molecule has 1 saturated heterocycles. The molecule has 0 radical (unpaired) electrons. The van der Waals surface area contributed by atoms with E-state index in [2.05, 4.69) is 38.3 Å². The summed E-state index contributed by atoms with van der Waals surface area (Å²) in [6.45, 7) is 7.54. The van der Waals surface area contributed by atoms with Gasteiger partial charge in [-0.05, 0) is 24.6 Å². The first-order valence-electron chi connectivity index (χ1n) is 10.7. The van der Waals surface area contributed by atoms with Crippen LogP contribution in [0.4, 0.5) is 0 Å². The lowest BCUT2D eigenvalue weighted by Gasteiger charge is -2.33. The fraction of sp³-hybridized carbons (Fsp3) is 0.292. The van der Waals surface area contributed by atoms with E-state index in [4.69, 9.17) is 21.1 Å². The molecule has 0 N–H and O–H groups in total. The Balaban J connectivity index is 1.14. The van der Waals surface area contributed by atoms with Gasteiger partial charge in [-0.2, -0.15) is 4.98 Å². The highest BCUT2D eigenvalue weighted by atomic mass is 35.5. The van der Waals surface area contributed by atoms with Gasteiger partial charge in [0.2, 0.25) is 11.7 Å². The van der Waals surface area contributed by atoms with Gasteiger partial charge in [-0.25, -0.2) is 4.98 Å². The van der Waals surface area contributed by atoms with Crippen LogP contribution in [0.3, 0.4) is 0 Å². The summed E-state index contributed by atoms with van der Waals surface area (Å²) in [5, 5.41) is 8.12. The van der Waals surface area contributed by atoms with E-state index in [9.17, 15) is 0 Å². The molecule has 1 aliphatic rings. The first-order valence-corrected chi connectivity index (χ1v) is 11.9. The van der Waals surface area contributed by atoms with Gasteiger partial charge in [-0.3, -0.25) is 9.80 Å². The van der Waals surface area contributed by atoms with Crippen molar-refractivity contribution in [1.82, 2.24) is 24.9 Å². The second kappa shape index (κ2) is 9.50. The van der Waals surface area contributed by atoms with Gasteiger partial charge in [0.05, 0.1) is 12.2 Å². The molecule has 2 aromatic carbocycles. The molecule has 4 aromatic rings. The molecule has 0 bridgehead atoms. The van der Waals surface area contributed by atoms with Crippen LogP contribution < -0.4 is 0 Å². The number of hydrogen-bond donors (Lipinski definition) is 0. The van der Waals surface area contributed by atoms with Crippen LogP contribution in [0, 0.1) is 6.92 Å². The smallest absolute Gasteiger partial charge is 0.241 e. The van der Waals surface area contributed by atoms with Crippen molar-refractivity contribution in [2.75, 3.05) is 26.2 Å².